The first-order valence-electron chi connectivity index (χ1n) is 6.51. The highest BCUT2D eigenvalue weighted by Gasteiger charge is 2.31. The summed E-state index contributed by atoms with van der Waals surface area (Å²) in [6.07, 6.45) is 2.07. The van der Waals surface area contributed by atoms with E-state index in [1.54, 1.807) is 0 Å². The molecule has 0 saturated carbocycles. The van der Waals surface area contributed by atoms with Crippen molar-refractivity contribution in [1.29, 1.82) is 0 Å². The SMILES string of the molecule is CCCC[N+]([O-])(Cc1ccccc1)C(C)(C)C. The smallest absolute Gasteiger partial charge is 0.104 e. The summed E-state index contributed by atoms with van der Waals surface area (Å²) in [6.45, 7) is 9.53. The first-order valence-corrected chi connectivity index (χ1v) is 6.51. The lowest BCUT2D eigenvalue weighted by molar-refractivity contribution is -0.939. The number of unbranched alkanes of at least 4 members (excludes halogenated alkanes) is 1. The highest BCUT2D eigenvalue weighted by molar-refractivity contribution is 5.13. The standard InChI is InChI=1S/C15H25NO/c1-5-6-12-16(17,15(2,3)4)13-14-10-8-7-9-11-14/h7-11H,5-6,12-13H2,1-4H3. The van der Waals surface area contributed by atoms with Crippen molar-refractivity contribution >= 4 is 0 Å². The van der Waals surface area contributed by atoms with Gasteiger partial charge < -0.3 is 9.85 Å². The van der Waals surface area contributed by atoms with Crippen molar-refractivity contribution in [2.45, 2.75) is 52.6 Å². The monoisotopic (exact) mass is 235 g/mol. The van der Waals surface area contributed by atoms with Crippen LogP contribution in [0, 0.1) is 5.21 Å². The molecule has 0 N–H and O–H groups in total. The van der Waals surface area contributed by atoms with Gasteiger partial charge in [-0.05, 0) is 27.2 Å². The van der Waals surface area contributed by atoms with E-state index in [0.29, 0.717) is 13.1 Å². The van der Waals surface area contributed by atoms with E-state index in [1.165, 1.54) is 0 Å². The van der Waals surface area contributed by atoms with Gasteiger partial charge in [0.2, 0.25) is 0 Å². The van der Waals surface area contributed by atoms with Gasteiger partial charge in [-0.2, -0.15) is 0 Å². The Morgan fingerprint density at radius 3 is 2.18 bits per heavy atom. The Morgan fingerprint density at radius 1 is 1.12 bits per heavy atom. The molecule has 0 aliphatic heterocycles. The summed E-state index contributed by atoms with van der Waals surface area (Å²) in [6, 6.07) is 10.1. The zero-order valence-electron chi connectivity index (χ0n) is 11.6. The predicted molar refractivity (Wildman–Crippen MR) is 73.3 cm³/mol. The quantitative estimate of drug-likeness (QED) is 0.556. The van der Waals surface area contributed by atoms with Crippen molar-refractivity contribution < 1.29 is 4.65 Å². The van der Waals surface area contributed by atoms with Gasteiger partial charge in [0.15, 0.2) is 0 Å². The van der Waals surface area contributed by atoms with Crippen molar-refractivity contribution in [1.82, 2.24) is 0 Å². The maximum atomic E-state index is 13.0. The van der Waals surface area contributed by atoms with Crippen LogP contribution in [0.2, 0.25) is 0 Å². The minimum absolute atomic E-state index is 0.134. The second-order valence-corrected chi connectivity index (χ2v) is 5.78. The number of hydroxylamine groups is 3. The highest BCUT2D eigenvalue weighted by atomic mass is 16.5. The number of hydrogen-bond donors (Lipinski definition) is 0. The molecule has 0 aliphatic rings. The molecule has 1 atom stereocenters. The molecule has 96 valence electrons. The lowest BCUT2D eigenvalue weighted by Crippen LogP contribution is -2.55. The lowest BCUT2D eigenvalue weighted by Gasteiger charge is -2.53. The van der Waals surface area contributed by atoms with Crippen LogP contribution in [0.1, 0.15) is 46.1 Å². The maximum absolute atomic E-state index is 13.0. The summed E-state index contributed by atoms with van der Waals surface area (Å²) in [5.41, 5.74) is 0.874. The molecule has 17 heavy (non-hydrogen) atoms. The van der Waals surface area contributed by atoms with Crippen molar-refractivity contribution in [2.75, 3.05) is 6.54 Å². The molecule has 1 rings (SSSR count). The van der Waals surface area contributed by atoms with E-state index in [-0.39, 0.29) is 10.2 Å². The number of quaternary nitrogens is 1. The third kappa shape index (κ3) is 3.83. The van der Waals surface area contributed by atoms with E-state index in [0.717, 1.165) is 18.4 Å². The third-order valence-electron chi connectivity index (χ3n) is 3.38. The van der Waals surface area contributed by atoms with Crippen LogP contribution in [0.15, 0.2) is 30.3 Å². The molecular formula is C15H25NO. The van der Waals surface area contributed by atoms with Crippen LogP contribution in [-0.4, -0.2) is 16.7 Å². The number of hydrogen-bond acceptors (Lipinski definition) is 1. The predicted octanol–water partition coefficient (Wildman–Crippen LogP) is 4.10. The van der Waals surface area contributed by atoms with Gasteiger partial charge in [-0.15, -0.1) is 0 Å². The number of benzene rings is 1. The molecule has 0 heterocycles. The van der Waals surface area contributed by atoms with Crippen LogP contribution in [0.3, 0.4) is 0 Å². The summed E-state index contributed by atoms with van der Waals surface area (Å²) in [4.78, 5) is 0. The minimum atomic E-state index is -0.259. The lowest BCUT2D eigenvalue weighted by atomic mass is 10.0. The number of rotatable bonds is 5. The van der Waals surface area contributed by atoms with Crippen LogP contribution >= 0.6 is 0 Å². The zero-order chi connectivity index (χ0) is 12.9. The normalized spacial score (nSPS) is 15.6. The second-order valence-electron chi connectivity index (χ2n) is 5.78. The number of nitrogens with zero attached hydrogens (tertiary/aromatic N) is 1. The van der Waals surface area contributed by atoms with Crippen LogP contribution in [-0.2, 0) is 6.54 Å². The second kappa shape index (κ2) is 5.65. The average molecular weight is 235 g/mol. The summed E-state index contributed by atoms with van der Waals surface area (Å²) in [7, 11) is 0. The summed E-state index contributed by atoms with van der Waals surface area (Å²) in [5, 5.41) is 13.0. The van der Waals surface area contributed by atoms with Gasteiger partial charge in [0.1, 0.15) is 6.54 Å². The largest absolute Gasteiger partial charge is 0.632 e. The fourth-order valence-electron chi connectivity index (χ4n) is 1.94. The molecule has 1 aromatic rings. The molecule has 0 aromatic heterocycles. The van der Waals surface area contributed by atoms with Gasteiger partial charge >= 0.3 is 0 Å². The Morgan fingerprint density at radius 2 is 1.71 bits per heavy atom. The van der Waals surface area contributed by atoms with Crippen molar-refractivity contribution in [3.8, 4) is 0 Å². The molecular weight excluding hydrogens is 210 g/mol. The fourth-order valence-corrected chi connectivity index (χ4v) is 1.94. The molecule has 2 nitrogen and oxygen atoms in total. The molecule has 1 unspecified atom stereocenters. The molecule has 0 amide bonds. The van der Waals surface area contributed by atoms with E-state index in [4.69, 9.17) is 0 Å². The van der Waals surface area contributed by atoms with E-state index in [9.17, 15) is 5.21 Å². The van der Waals surface area contributed by atoms with Crippen LogP contribution in [0.25, 0.3) is 0 Å². The Balaban J connectivity index is 2.84. The average Bonchev–Trinajstić information content (AvgIpc) is 2.26. The third-order valence-corrected chi connectivity index (χ3v) is 3.38. The zero-order valence-corrected chi connectivity index (χ0v) is 11.6. The first-order chi connectivity index (χ1) is 7.89. The Labute approximate surface area is 105 Å². The van der Waals surface area contributed by atoms with Gasteiger partial charge in [-0.25, -0.2) is 0 Å². The van der Waals surface area contributed by atoms with E-state index < -0.39 is 0 Å². The van der Waals surface area contributed by atoms with Crippen molar-refractivity contribution in [2.24, 2.45) is 0 Å². The Hall–Kier alpha value is -0.860. The maximum Gasteiger partial charge on any atom is 0.104 e. The molecule has 0 aliphatic carbocycles. The van der Waals surface area contributed by atoms with Gasteiger partial charge in [0, 0.05) is 5.56 Å². The van der Waals surface area contributed by atoms with E-state index in [2.05, 4.69) is 6.92 Å². The van der Waals surface area contributed by atoms with E-state index >= 15 is 0 Å². The molecule has 0 fully saturated rings. The Kier molecular flexibility index (Phi) is 4.72. The van der Waals surface area contributed by atoms with Crippen LogP contribution in [0.4, 0.5) is 0 Å². The minimum Gasteiger partial charge on any atom is -0.632 e. The van der Waals surface area contributed by atoms with Crippen LogP contribution in [0.5, 0.6) is 0 Å². The molecule has 2 heteroatoms. The topological polar surface area (TPSA) is 23.1 Å². The van der Waals surface area contributed by atoms with Crippen LogP contribution < -0.4 is 0 Å². The van der Waals surface area contributed by atoms with Crippen molar-refractivity contribution in [3.63, 3.8) is 0 Å². The molecule has 1 aromatic carbocycles. The molecule has 0 bridgehead atoms. The van der Waals surface area contributed by atoms with Gasteiger partial charge in [0.05, 0.1) is 12.1 Å². The summed E-state index contributed by atoms with van der Waals surface area (Å²) < 4.78 is -0.134. The fraction of sp³-hybridized carbons (Fsp3) is 0.600. The Bertz CT molecular complexity index is 329. The molecule has 0 saturated heterocycles. The van der Waals surface area contributed by atoms with Gasteiger partial charge in [-0.1, -0.05) is 43.7 Å². The highest BCUT2D eigenvalue weighted by Crippen LogP contribution is 2.27. The van der Waals surface area contributed by atoms with E-state index in [1.807, 2.05) is 51.1 Å². The van der Waals surface area contributed by atoms with Gasteiger partial charge in [-0.3, -0.25) is 0 Å². The summed E-state index contributed by atoms with van der Waals surface area (Å²) >= 11 is 0. The molecule has 0 spiro atoms. The molecule has 0 radical (unpaired) electrons. The summed E-state index contributed by atoms with van der Waals surface area (Å²) in [5.74, 6) is 0. The first kappa shape index (κ1) is 14.2. The van der Waals surface area contributed by atoms with Gasteiger partial charge in [0.25, 0.3) is 0 Å². The van der Waals surface area contributed by atoms with Crippen molar-refractivity contribution in [3.05, 3.63) is 41.1 Å².